The molecule has 1 aromatic heterocycles. The van der Waals surface area contributed by atoms with Gasteiger partial charge in [-0.15, -0.1) is 12.4 Å². The number of halogens is 1. The van der Waals surface area contributed by atoms with Crippen molar-refractivity contribution in [2.75, 3.05) is 50.1 Å². The van der Waals surface area contributed by atoms with Crippen molar-refractivity contribution < 1.29 is 9.53 Å². The summed E-state index contributed by atoms with van der Waals surface area (Å²) in [6.45, 7) is 9.80. The Balaban J connectivity index is 0.00000280. The van der Waals surface area contributed by atoms with Crippen LogP contribution in [0.15, 0.2) is 30.5 Å². The van der Waals surface area contributed by atoms with Crippen LogP contribution in [0.4, 0.5) is 11.5 Å². The Labute approximate surface area is 173 Å². The van der Waals surface area contributed by atoms with Crippen LogP contribution in [0.3, 0.4) is 0 Å². The Morgan fingerprint density at radius 3 is 2.39 bits per heavy atom. The van der Waals surface area contributed by atoms with Gasteiger partial charge >= 0.3 is 0 Å². The number of rotatable bonds is 5. The van der Waals surface area contributed by atoms with Crippen molar-refractivity contribution in [3.05, 3.63) is 47.2 Å². The van der Waals surface area contributed by atoms with Crippen molar-refractivity contribution in [1.82, 2.24) is 9.88 Å². The van der Waals surface area contributed by atoms with Crippen LogP contribution in [0, 0.1) is 13.8 Å². The molecule has 1 saturated heterocycles. The normalized spacial score (nSPS) is 13.7. The van der Waals surface area contributed by atoms with Crippen LogP contribution < -0.4 is 15.0 Å². The van der Waals surface area contributed by atoms with Crippen LogP contribution in [-0.4, -0.2) is 55.6 Å². The monoisotopic (exact) mass is 404 g/mol. The molecule has 3 rings (SSSR count). The third-order valence-corrected chi connectivity index (χ3v) is 4.93. The fraction of sp³-hybridized carbons (Fsp3) is 0.429. The Morgan fingerprint density at radius 1 is 1.18 bits per heavy atom. The third kappa shape index (κ3) is 4.50. The molecule has 152 valence electrons. The fourth-order valence-corrected chi connectivity index (χ4v) is 3.68. The van der Waals surface area contributed by atoms with Gasteiger partial charge in [-0.1, -0.05) is 0 Å². The zero-order valence-corrected chi connectivity index (χ0v) is 17.8. The van der Waals surface area contributed by atoms with Gasteiger partial charge in [-0.3, -0.25) is 4.79 Å². The molecule has 1 aliphatic rings. The van der Waals surface area contributed by atoms with Gasteiger partial charge in [0.1, 0.15) is 5.75 Å². The summed E-state index contributed by atoms with van der Waals surface area (Å²) in [6, 6.07) is 7.83. The number of carbonyl (C=O) groups excluding carboxylic acids is 1. The number of hydrogen-bond acceptors (Lipinski definition) is 5. The molecule has 1 aliphatic heterocycles. The van der Waals surface area contributed by atoms with Gasteiger partial charge < -0.3 is 19.9 Å². The first kappa shape index (κ1) is 21.8. The molecule has 1 fully saturated rings. The molecule has 0 aliphatic carbocycles. The van der Waals surface area contributed by atoms with E-state index in [2.05, 4.69) is 22.1 Å². The molecule has 1 aromatic carbocycles. The van der Waals surface area contributed by atoms with Crippen LogP contribution in [-0.2, 0) is 0 Å². The third-order valence-electron chi connectivity index (χ3n) is 4.93. The summed E-state index contributed by atoms with van der Waals surface area (Å²) in [5.41, 5.74) is 3.75. The Morgan fingerprint density at radius 2 is 1.82 bits per heavy atom. The minimum absolute atomic E-state index is 0. The number of methoxy groups -OCH3 is 1. The number of nitrogens with one attached hydrogen (secondary N) is 1. The summed E-state index contributed by atoms with van der Waals surface area (Å²) in [5.74, 6) is 1.89. The van der Waals surface area contributed by atoms with E-state index in [1.165, 1.54) is 0 Å². The highest BCUT2D eigenvalue weighted by Crippen LogP contribution is 2.26. The largest absolute Gasteiger partial charge is 0.496 e. The van der Waals surface area contributed by atoms with Crippen LogP contribution in [0.1, 0.15) is 28.4 Å². The molecule has 0 atom stereocenters. The zero-order valence-electron chi connectivity index (χ0n) is 17.0. The summed E-state index contributed by atoms with van der Waals surface area (Å²) in [7, 11) is 1.66. The maximum absolute atomic E-state index is 13.0. The average molecular weight is 405 g/mol. The van der Waals surface area contributed by atoms with Crippen LogP contribution in [0.5, 0.6) is 5.75 Å². The second kappa shape index (κ2) is 9.64. The standard InChI is InChI=1S/C21H28N4O2.ClH/c1-5-22-18-7-6-8-23-20(18)24-9-11-25(12-10-24)21(26)17-13-15(2)19(27-4)16(3)14-17;/h6-8,13-14,22H,5,9-12H2,1-4H3;1H. The lowest BCUT2D eigenvalue weighted by Gasteiger charge is -2.36. The van der Waals surface area contributed by atoms with E-state index in [4.69, 9.17) is 4.74 Å². The zero-order chi connectivity index (χ0) is 19.4. The lowest BCUT2D eigenvalue weighted by molar-refractivity contribution is 0.0746. The number of pyridine rings is 1. The van der Waals surface area contributed by atoms with E-state index in [0.29, 0.717) is 13.1 Å². The van der Waals surface area contributed by atoms with Crippen LogP contribution >= 0.6 is 12.4 Å². The minimum atomic E-state index is 0. The number of anilines is 2. The molecule has 1 amide bonds. The highest BCUT2D eigenvalue weighted by Gasteiger charge is 2.24. The number of amides is 1. The van der Waals surface area contributed by atoms with E-state index < -0.39 is 0 Å². The number of hydrogen-bond donors (Lipinski definition) is 1. The summed E-state index contributed by atoms with van der Waals surface area (Å²) in [4.78, 5) is 21.7. The van der Waals surface area contributed by atoms with E-state index in [1.807, 2.05) is 49.2 Å². The Kier molecular flexibility index (Phi) is 7.52. The first-order valence-corrected chi connectivity index (χ1v) is 9.43. The molecule has 0 radical (unpaired) electrons. The van der Waals surface area contributed by atoms with E-state index >= 15 is 0 Å². The number of ether oxygens (including phenoxy) is 1. The first-order valence-electron chi connectivity index (χ1n) is 9.43. The van der Waals surface area contributed by atoms with Crippen molar-refractivity contribution in [2.45, 2.75) is 20.8 Å². The number of aryl methyl sites for hydroxylation is 2. The van der Waals surface area contributed by atoms with Crippen LogP contribution in [0.25, 0.3) is 0 Å². The van der Waals surface area contributed by atoms with Crippen molar-refractivity contribution in [1.29, 1.82) is 0 Å². The number of aromatic nitrogens is 1. The minimum Gasteiger partial charge on any atom is -0.496 e. The molecule has 7 heteroatoms. The number of benzene rings is 1. The molecule has 6 nitrogen and oxygen atoms in total. The maximum atomic E-state index is 13.0. The topological polar surface area (TPSA) is 57.7 Å². The molecule has 0 spiro atoms. The highest BCUT2D eigenvalue weighted by atomic mass is 35.5. The van der Waals surface area contributed by atoms with E-state index in [0.717, 1.165) is 53.6 Å². The van der Waals surface area contributed by atoms with Gasteiger partial charge in [-0.05, 0) is 56.2 Å². The molecule has 1 N–H and O–H groups in total. The summed E-state index contributed by atoms with van der Waals surface area (Å²) < 4.78 is 5.41. The highest BCUT2D eigenvalue weighted by molar-refractivity contribution is 5.95. The van der Waals surface area contributed by atoms with Gasteiger partial charge in [0.05, 0.1) is 12.8 Å². The Hall–Kier alpha value is -2.47. The molecule has 0 saturated carbocycles. The predicted molar refractivity (Wildman–Crippen MR) is 116 cm³/mol. The molecular formula is C21H29ClN4O2. The van der Waals surface area contributed by atoms with Gasteiger partial charge in [0.2, 0.25) is 0 Å². The van der Waals surface area contributed by atoms with Crippen molar-refractivity contribution in [2.24, 2.45) is 0 Å². The van der Waals surface area contributed by atoms with Crippen molar-refractivity contribution in [3.63, 3.8) is 0 Å². The van der Waals surface area contributed by atoms with E-state index in [1.54, 1.807) is 7.11 Å². The fourth-order valence-electron chi connectivity index (χ4n) is 3.68. The van der Waals surface area contributed by atoms with Crippen molar-refractivity contribution >= 4 is 29.8 Å². The van der Waals surface area contributed by atoms with Gasteiger partial charge in [0, 0.05) is 44.5 Å². The Bertz CT molecular complexity index is 797. The SMILES string of the molecule is CCNc1cccnc1N1CCN(C(=O)c2cc(C)c(OC)c(C)c2)CC1.Cl. The van der Waals surface area contributed by atoms with Crippen molar-refractivity contribution in [3.8, 4) is 5.75 Å². The van der Waals surface area contributed by atoms with Gasteiger partial charge in [0.15, 0.2) is 5.82 Å². The average Bonchev–Trinajstić information content (AvgIpc) is 2.68. The van der Waals surface area contributed by atoms with Gasteiger partial charge in [-0.2, -0.15) is 0 Å². The van der Waals surface area contributed by atoms with Crippen LogP contribution in [0.2, 0.25) is 0 Å². The lowest BCUT2D eigenvalue weighted by Crippen LogP contribution is -2.49. The quantitative estimate of drug-likeness (QED) is 0.826. The maximum Gasteiger partial charge on any atom is 0.253 e. The summed E-state index contributed by atoms with van der Waals surface area (Å²) >= 11 is 0. The predicted octanol–water partition coefficient (Wildman–Crippen LogP) is 3.52. The van der Waals surface area contributed by atoms with E-state index in [-0.39, 0.29) is 18.3 Å². The summed E-state index contributed by atoms with van der Waals surface area (Å²) in [5, 5.41) is 3.36. The molecule has 2 aromatic rings. The second-order valence-corrected chi connectivity index (χ2v) is 6.83. The smallest absolute Gasteiger partial charge is 0.253 e. The summed E-state index contributed by atoms with van der Waals surface area (Å²) in [6.07, 6.45) is 1.82. The molecule has 0 unspecified atom stereocenters. The lowest BCUT2D eigenvalue weighted by atomic mass is 10.0. The van der Waals surface area contributed by atoms with E-state index in [9.17, 15) is 4.79 Å². The molecule has 0 bridgehead atoms. The van der Waals surface area contributed by atoms with Gasteiger partial charge in [-0.25, -0.2) is 4.98 Å². The molecular weight excluding hydrogens is 376 g/mol. The number of piperazine rings is 1. The molecule has 28 heavy (non-hydrogen) atoms. The first-order chi connectivity index (χ1) is 13.0. The number of carbonyl (C=O) groups is 1. The molecule has 2 heterocycles. The number of nitrogens with zero attached hydrogens (tertiary/aromatic N) is 3. The second-order valence-electron chi connectivity index (χ2n) is 6.83. The van der Waals surface area contributed by atoms with Gasteiger partial charge in [0.25, 0.3) is 5.91 Å².